The van der Waals surface area contributed by atoms with Crippen molar-refractivity contribution in [2.45, 2.75) is 32.9 Å². The lowest BCUT2D eigenvalue weighted by Gasteiger charge is -2.30. The molecule has 0 saturated carbocycles. The second kappa shape index (κ2) is 6.87. The van der Waals surface area contributed by atoms with Gasteiger partial charge in [0.15, 0.2) is 0 Å². The van der Waals surface area contributed by atoms with Crippen LogP contribution in [0, 0.1) is 12.8 Å². The molecule has 23 heavy (non-hydrogen) atoms. The highest BCUT2D eigenvalue weighted by Crippen LogP contribution is 2.14. The van der Waals surface area contributed by atoms with Gasteiger partial charge in [-0.25, -0.2) is 0 Å². The molecule has 122 valence electrons. The molecule has 0 radical (unpaired) electrons. The number of tetrazole rings is 1. The first-order chi connectivity index (χ1) is 11.1. The Morgan fingerprint density at radius 3 is 2.91 bits per heavy atom. The van der Waals surface area contributed by atoms with Crippen molar-refractivity contribution in [1.82, 2.24) is 30.8 Å². The van der Waals surface area contributed by atoms with Crippen LogP contribution in [-0.2, 0) is 11.3 Å². The van der Waals surface area contributed by atoms with Gasteiger partial charge in [-0.05, 0) is 37.6 Å². The van der Waals surface area contributed by atoms with Gasteiger partial charge in [0.2, 0.25) is 11.7 Å². The molecule has 1 amide bonds. The minimum absolute atomic E-state index is 0.0726. The number of amides is 1. The second-order valence-corrected chi connectivity index (χ2v) is 6.15. The Bertz CT molecular complexity index is 665. The van der Waals surface area contributed by atoms with Crippen molar-refractivity contribution < 1.29 is 4.79 Å². The van der Waals surface area contributed by atoms with Gasteiger partial charge in [0, 0.05) is 11.6 Å². The van der Waals surface area contributed by atoms with Crippen molar-refractivity contribution in [2.24, 2.45) is 5.92 Å². The monoisotopic (exact) mass is 314 g/mol. The highest BCUT2D eigenvalue weighted by atomic mass is 16.2. The normalized spacial score (nSPS) is 21.1. The van der Waals surface area contributed by atoms with Crippen LogP contribution in [0.1, 0.15) is 18.9 Å². The Hall–Kier alpha value is -2.28. The van der Waals surface area contributed by atoms with E-state index in [1.807, 2.05) is 31.2 Å². The summed E-state index contributed by atoms with van der Waals surface area (Å²) in [5.74, 6) is 0.893. The van der Waals surface area contributed by atoms with Crippen LogP contribution in [0.2, 0.25) is 0 Å². The molecule has 1 aliphatic rings. The average Bonchev–Trinajstić information content (AvgIpc) is 2.98. The highest BCUT2D eigenvalue weighted by molar-refractivity contribution is 5.75. The summed E-state index contributed by atoms with van der Waals surface area (Å²) in [4.78, 5) is 13.5. The molecule has 0 spiro atoms. The number of aromatic nitrogens is 4. The molecule has 0 bridgehead atoms. The zero-order chi connectivity index (χ0) is 16.2. The number of carbonyl (C=O) groups excluding carboxylic acids is 1. The second-order valence-electron chi connectivity index (χ2n) is 6.15. The molecule has 7 heteroatoms. The number of hydrogen-bond acceptors (Lipinski definition) is 5. The van der Waals surface area contributed by atoms with Crippen LogP contribution >= 0.6 is 0 Å². The van der Waals surface area contributed by atoms with E-state index in [0.717, 1.165) is 25.1 Å². The van der Waals surface area contributed by atoms with Crippen LogP contribution in [0.4, 0.5) is 0 Å². The van der Waals surface area contributed by atoms with Gasteiger partial charge >= 0.3 is 0 Å². The molecule has 3 rings (SSSR count). The minimum Gasteiger partial charge on any atom is -0.351 e. The number of hydrogen-bond donors (Lipinski definition) is 2. The first kappa shape index (κ1) is 15.6. The fraction of sp³-hybridized carbons (Fsp3) is 0.500. The smallest absolute Gasteiger partial charge is 0.243 e. The first-order valence-electron chi connectivity index (χ1n) is 7.97. The van der Waals surface area contributed by atoms with E-state index in [4.69, 9.17) is 0 Å². The summed E-state index contributed by atoms with van der Waals surface area (Å²) in [7, 11) is 0. The van der Waals surface area contributed by atoms with Crippen LogP contribution < -0.4 is 10.6 Å². The van der Waals surface area contributed by atoms with Crippen LogP contribution in [0.25, 0.3) is 11.4 Å². The number of piperidine rings is 1. The Balaban J connectivity index is 1.60. The van der Waals surface area contributed by atoms with Gasteiger partial charge in [-0.1, -0.05) is 36.8 Å². The van der Waals surface area contributed by atoms with E-state index in [-0.39, 0.29) is 18.5 Å². The van der Waals surface area contributed by atoms with E-state index >= 15 is 0 Å². The van der Waals surface area contributed by atoms with E-state index in [1.165, 1.54) is 10.4 Å². The predicted molar refractivity (Wildman–Crippen MR) is 86.6 cm³/mol. The number of carbonyl (C=O) groups is 1. The average molecular weight is 314 g/mol. The SMILES string of the molecule is Cc1ccc(-c2nnn(CC(=O)NC3CCNCC3C)n2)cc1. The van der Waals surface area contributed by atoms with Crippen molar-refractivity contribution in [3.05, 3.63) is 29.8 Å². The Kier molecular flexibility index (Phi) is 4.66. The summed E-state index contributed by atoms with van der Waals surface area (Å²) in [6.45, 7) is 6.13. The molecule has 7 nitrogen and oxygen atoms in total. The Morgan fingerprint density at radius 1 is 1.39 bits per heavy atom. The van der Waals surface area contributed by atoms with Gasteiger partial charge < -0.3 is 10.6 Å². The molecule has 2 aromatic rings. The van der Waals surface area contributed by atoms with Gasteiger partial charge in [-0.15, -0.1) is 10.2 Å². The van der Waals surface area contributed by atoms with Crippen LogP contribution in [-0.4, -0.2) is 45.2 Å². The van der Waals surface area contributed by atoms with E-state index in [9.17, 15) is 4.79 Å². The van der Waals surface area contributed by atoms with Crippen molar-refractivity contribution in [3.8, 4) is 11.4 Å². The lowest BCUT2D eigenvalue weighted by molar-refractivity contribution is -0.123. The molecular formula is C16H22N6O. The largest absolute Gasteiger partial charge is 0.351 e. The van der Waals surface area contributed by atoms with E-state index in [1.54, 1.807) is 0 Å². The molecular weight excluding hydrogens is 292 g/mol. The van der Waals surface area contributed by atoms with Gasteiger partial charge in [0.05, 0.1) is 0 Å². The molecule has 2 unspecified atom stereocenters. The zero-order valence-electron chi connectivity index (χ0n) is 13.5. The molecule has 1 aromatic heterocycles. The summed E-state index contributed by atoms with van der Waals surface area (Å²) >= 11 is 0. The van der Waals surface area contributed by atoms with Gasteiger partial charge in [0.25, 0.3) is 0 Å². The maximum atomic E-state index is 12.2. The number of benzene rings is 1. The summed E-state index contributed by atoms with van der Waals surface area (Å²) in [6.07, 6.45) is 0.951. The fourth-order valence-electron chi connectivity index (χ4n) is 2.74. The van der Waals surface area contributed by atoms with Gasteiger partial charge in [-0.2, -0.15) is 4.80 Å². The van der Waals surface area contributed by atoms with Crippen LogP contribution in [0.5, 0.6) is 0 Å². The Labute approximate surface area is 135 Å². The standard InChI is InChI=1S/C16H22N6O/c1-11-3-5-13(6-4-11)16-19-21-22(20-16)10-15(23)18-14-7-8-17-9-12(14)2/h3-6,12,14,17H,7-10H2,1-2H3,(H,18,23). The van der Waals surface area contributed by atoms with E-state index < -0.39 is 0 Å². The summed E-state index contributed by atoms with van der Waals surface area (Å²) in [5, 5.41) is 18.7. The Morgan fingerprint density at radius 2 is 2.17 bits per heavy atom. The summed E-state index contributed by atoms with van der Waals surface area (Å²) in [5.41, 5.74) is 2.07. The maximum Gasteiger partial charge on any atom is 0.243 e. The number of rotatable bonds is 4. The van der Waals surface area contributed by atoms with E-state index in [2.05, 4.69) is 33.0 Å². The molecule has 1 aromatic carbocycles. The molecule has 2 N–H and O–H groups in total. The lowest BCUT2D eigenvalue weighted by Crippen LogP contribution is -2.49. The minimum atomic E-state index is -0.0726. The van der Waals surface area contributed by atoms with Crippen molar-refractivity contribution >= 4 is 5.91 Å². The quantitative estimate of drug-likeness (QED) is 0.870. The first-order valence-corrected chi connectivity index (χ1v) is 7.97. The van der Waals surface area contributed by atoms with Crippen molar-refractivity contribution in [2.75, 3.05) is 13.1 Å². The summed E-state index contributed by atoms with van der Waals surface area (Å²) in [6, 6.07) is 8.12. The third kappa shape index (κ3) is 3.92. The molecule has 2 atom stereocenters. The predicted octanol–water partition coefficient (Wildman–Crippen LogP) is 0.763. The lowest BCUT2D eigenvalue weighted by atomic mass is 9.95. The van der Waals surface area contributed by atoms with Gasteiger partial charge in [0.1, 0.15) is 6.54 Å². The third-order valence-electron chi connectivity index (χ3n) is 4.18. The number of nitrogens with zero attached hydrogens (tertiary/aromatic N) is 4. The van der Waals surface area contributed by atoms with Crippen LogP contribution in [0.15, 0.2) is 24.3 Å². The van der Waals surface area contributed by atoms with Crippen molar-refractivity contribution in [1.29, 1.82) is 0 Å². The fourth-order valence-corrected chi connectivity index (χ4v) is 2.74. The molecule has 1 saturated heterocycles. The number of nitrogens with one attached hydrogen (secondary N) is 2. The number of aryl methyl sites for hydroxylation is 1. The molecule has 1 fully saturated rings. The third-order valence-corrected chi connectivity index (χ3v) is 4.18. The molecule has 0 aliphatic carbocycles. The molecule has 2 heterocycles. The molecule has 1 aliphatic heterocycles. The van der Waals surface area contributed by atoms with Crippen molar-refractivity contribution in [3.63, 3.8) is 0 Å². The maximum absolute atomic E-state index is 12.2. The topological polar surface area (TPSA) is 84.7 Å². The zero-order valence-corrected chi connectivity index (χ0v) is 13.5. The van der Waals surface area contributed by atoms with E-state index in [0.29, 0.717) is 11.7 Å². The van der Waals surface area contributed by atoms with Gasteiger partial charge in [-0.3, -0.25) is 4.79 Å². The highest BCUT2D eigenvalue weighted by Gasteiger charge is 2.22. The summed E-state index contributed by atoms with van der Waals surface area (Å²) < 4.78 is 0. The van der Waals surface area contributed by atoms with Crippen LogP contribution in [0.3, 0.4) is 0 Å².